The molecule has 0 aliphatic carbocycles. The van der Waals surface area contributed by atoms with Crippen LogP contribution >= 0.6 is 0 Å². The molecule has 7 heteroatoms. The first-order chi connectivity index (χ1) is 15.7. The summed E-state index contributed by atoms with van der Waals surface area (Å²) in [5.41, 5.74) is 2.47. The Hall–Kier alpha value is -3.87. The Balaban J connectivity index is 1.35. The highest BCUT2D eigenvalue weighted by molar-refractivity contribution is 5.92. The number of carbonyl (C=O) groups excluding carboxylic acids is 1. The van der Waals surface area contributed by atoms with Crippen molar-refractivity contribution in [3.05, 3.63) is 84.4 Å². The highest BCUT2D eigenvalue weighted by Crippen LogP contribution is 2.19. The second-order valence-electron chi connectivity index (χ2n) is 7.27. The van der Waals surface area contributed by atoms with Crippen LogP contribution in [0.4, 0.5) is 0 Å². The third-order valence-electron chi connectivity index (χ3n) is 5.14. The minimum Gasteiger partial charge on any atom is -0.497 e. The topological polar surface area (TPSA) is 78.3 Å². The lowest BCUT2D eigenvalue weighted by molar-refractivity contribution is 0.0948. The standard InChI is InChI=1S/C25H26N4O3/c1-31-19-11-13-20(14-12-19)32-18-17-29-23-9-3-2-7-21(23)28-24(29)10-6-16-27-25(30)22-8-4-5-15-26-22/h2-5,7-9,11-15H,6,10,16-18H2,1H3,(H,27,30). The predicted molar refractivity (Wildman–Crippen MR) is 123 cm³/mol. The molecule has 2 aromatic carbocycles. The Bertz CT molecular complexity index is 1160. The van der Waals surface area contributed by atoms with Gasteiger partial charge in [0.25, 0.3) is 5.91 Å². The van der Waals surface area contributed by atoms with Gasteiger partial charge in [-0.3, -0.25) is 9.78 Å². The van der Waals surface area contributed by atoms with Crippen LogP contribution in [0.5, 0.6) is 11.5 Å². The number of pyridine rings is 1. The minimum absolute atomic E-state index is 0.160. The average Bonchev–Trinajstić information content (AvgIpc) is 3.20. The molecule has 0 unspecified atom stereocenters. The van der Waals surface area contributed by atoms with Gasteiger partial charge in [-0.2, -0.15) is 0 Å². The van der Waals surface area contributed by atoms with Crippen molar-refractivity contribution in [2.75, 3.05) is 20.3 Å². The number of nitrogens with one attached hydrogen (secondary N) is 1. The number of nitrogens with zero attached hydrogens (tertiary/aromatic N) is 3. The number of imidazole rings is 1. The van der Waals surface area contributed by atoms with E-state index in [1.165, 1.54) is 0 Å². The molecule has 0 saturated heterocycles. The zero-order chi connectivity index (χ0) is 22.2. The summed E-state index contributed by atoms with van der Waals surface area (Å²) in [4.78, 5) is 21.0. The molecule has 0 aliphatic heterocycles. The molecule has 0 spiro atoms. The highest BCUT2D eigenvalue weighted by atomic mass is 16.5. The van der Waals surface area contributed by atoms with E-state index in [1.54, 1.807) is 31.5 Å². The Morgan fingerprint density at radius 2 is 1.78 bits per heavy atom. The van der Waals surface area contributed by atoms with E-state index in [2.05, 4.69) is 20.9 Å². The van der Waals surface area contributed by atoms with Crippen molar-refractivity contribution < 1.29 is 14.3 Å². The first kappa shape index (κ1) is 21.4. The molecular formula is C25H26N4O3. The first-order valence-electron chi connectivity index (χ1n) is 10.6. The number of fused-ring (bicyclic) bond motifs is 1. The van der Waals surface area contributed by atoms with Crippen LogP contribution in [-0.2, 0) is 13.0 Å². The van der Waals surface area contributed by atoms with Crippen LogP contribution < -0.4 is 14.8 Å². The van der Waals surface area contributed by atoms with Gasteiger partial charge in [-0.25, -0.2) is 4.98 Å². The number of para-hydroxylation sites is 2. The van der Waals surface area contributed by atoms with E-state index < -0.39 is 0 Å². The summed E-state index contributed by atoms with van der Waals surface area (Å²) in [7, 11) is 1.64. The third kappa shape index (κ3) is 5.24. The summed E-state index contributed by atoms with van der Waals surface area (Å²) in [6.45, 7) is 1.76. The number of aryl methyl sites for hydroxylation is 1. The smallest absolute Gasteiger partial charge is 0.269 e. The molecule has 0 fully saturated rings. The van der Waals surface area contributed by atoms with E-state index in [1.807, 2.05) is 42.5 Å². The summed E-state index contributed by atoms with van der Waals surface area (Å²) in [6, 6.07) is 21.0. The summed E-state index contributed by atoms with van der Waals surface area (Å²) in [5.74, 6) is 2.42. The second kappa shape index (κ2) is 10.4. The normalized spacial score (nSPS) is 10.8. The van der Waals surface area contributed by atoms with Gasteiger partial charge in [-0.15, -0.1) is 0 Å². The van der Waals surface area contributed by atoms with Crippen LogP contribution in [0.1, 0.15) is 22.7 Å². The molecule has 1 amide bonds. The SMILES string of the molecule is COc1ccc(OCCn2c(CCCNC(=O)c3ccccn3)nc3ccccc32)cc1. The fourth-order valence-corrected chi connectivity index (χ4v) is 3.53. The van der Waals surface area contributed by atoms with Crippen molar-refractivity contribution in [3.8, 4) is 11.5 Å². The number of aromatic nitrogens is 3. The Morgan fingerprint density at radius 3 is 2.56 bits per heavy atom. The van der Waals surface area contributed by atoms with E-state index in [-0.39, 0.29) is 5.91 Å². The van der Waals surface area contributed by atoms with Gasteiger partial charge in [0.05, 0.1) is 24.7 Å². The van der Waals surface area contributed by atoms with E-state index in [9.17, 15) is 4.79 Å². The number of methoxy groups -OCH3 is 1. The minimum atomic E-state index is -0.160. The average molecular weight is 431 g/mol. The van der Waals surface area contributed by atoms with Gasteiger partial charge in [0, 0.05) is 19.2 Å². The summed E-state index contributed by atoms with van der Waals surface area (Å²) < 4.78 is 13.3. The quantitative estimate of drug-likeness (QED) is 0.386. The van der Waals surface area contributed by atoms with Crippen LogP contribution in [0.2, 0.25) is 0 Å². The first-order valence-corrected chi connectivity index (χ1v) is 10.6. The van der Waals surface area contributed by atoms with Crippen LogP contribution in [0.15, 0.2) is 72.9 Å². The summed E-state index contributed by atoms with van der Waals surface area (Å²) in [5, 5.41) is 2.92. The Kier molecular flexibility index (Phi) is 6.97. The van der Waals surface area contributed by atoms with Gasteiger partial charge < -0.3 is 19.4 Å². The fraction of sp³-hybridized carbons (Fsp3) is 0.240. The molecule has 164 valence electrons. The number of amides is 1. The molecule has 7 nitrogen and oxygen atoms in total. The molecule has 2 heterocycles. The van der Waals surface area contributed by atoms with E-state index in [4.69, 9.17) is 14.5 Å². The summed E-state index contributed by atoms with van der Waals surface area (Å²) in [6.07, 6.45) is 3.15. The fourth-order valence-electron chi connectivity index (χ4n) is 3.53. The van der Waals surface area contributed by atoms with Crippen molar-refractivity contribution in [2.45, 2.75) is 19.4 Å². The zero-order valence-electron chi connectivity index (χ0n) is 18.0. The molecule has 0 radical (unpaired) electrons. The molecule has 0 bridgehead atoms. The number of hydrogen-bond donors (Lipinski definition) is 1. The van der Waals surface area contributed by atoms with Crippen molar-refractivity contribution in [1.29, 1.82) is 0 Å². The van der Waals surface area contributed by atoms with Crippen molar-refractivity contribution in [2.24, 2.45) is 0 Å². The van der Waals surface area contributed by atoms with Gasteiger partial charge in [0.15, 0.2) is 0 Å². The van der Waals surface area contributed by atoms with Crippen molar-refractivity contribution in [3.63, 3.8) is 0 Å². The molecule has 0 aliphatic rings. The van der Waals surface area contributed by atoms with Crippen molar-refractivity contribution >= 4 is 16.9 Å². The maximum atomic E-state index is 12.2. The number of ether oxygens (including phenoxy) is 2. The number of carbonyl (C=O) groups is 1. The van der Waals surface area contributed by atoms with Crippen LogP contribution in [-0.4, -0.2) is 40.7 Å². The van der Waals surface area contributed by atoms with Crippen molar-refractivity contribution in [1.82, 2.24) is 19.9 Å². The van der Waals surface area contributed by atoms with Crippen LogP contribution in [0.3, 0.4) is 0 Å². The maximum Gasteiger partial charge on any atom is 0.269 e. The lowest BCUT2D eigenvalue weighted by Crippen LogP contribution is -2.25. The molecule has 4 aromatic rings. The van der Waals surface area contributed by atoms with Gasteiger partial charge in [-0.05, 0) is 55.0 Å². The lowest BCUT2D eigenvalue weighted by Gasteiger charge is -2.11. The second-order valence-corrected chi connectivity index (χ2v) is 7.27. The van der Waals surface area contributed by atoms with Gasteiger partial charge in [-0.1, -0.05) is 18.2 Å². The van der Waals surface area contributed by atoms with E-state index in [0.717, 1.165) is 41.2 Å². The predicted octanol–water partition coefficient (Wildman–Crippen LogP) is 3.88. The number of benzene rings is 2. The number of hydrogen-bond acceptors (Lipinski definition) is 5. The summed E-state index contributed by atoms with van der Waals surface area (Å²) >= 11 is 0. The molecule has 4 rings (SSSR count). The molecule has 0 saturated carbocycles. The molecule has 2 aromatic heterocycles. The Labute approximate surface area is 187 Å². The molecule has 32 heavy (non-hydrogen) atoms. The highest BCUT2D eigenvalue weighted by Gasteiger charge is 2.11. The zero-order valence-corrected chi connectivity index (χ0v) is 18.0. The largest absolute Gasteiger partial charge is 0.497 e. The third-order valence-corrected chi connectivity index (χ3v) is 5.14. The monoisotopic (exact) mass is 430 g/mol. The van der Waals surface area contributed by atoms with E-state index in [0.29, 0.717) is 25.4 Å². The maximum absolute atomic E-state index is 12.2. The van der Waals surface area contributed by atoms with Gasteiger partial charge in [0.2, 0.25) is 0 Å². The van der Waals surface area contributed by atoms with E-state index >= 15 is 0 Å². The number of rotatable bonds is 10. The molecule has 1 N–H and O–H groups in total. The van der Waals surface area contributed by atoms with Gasteiger partial charge in [0.1, 0.15) is 29.6 Å². The Morgan fingerprint density at radius 1 is 1.00 bits per heavy atom. The lowest BCUT2D eigenvalue weighted by atomic mass is 10.2. The van der Waals surface area contributed by atoms with Crippen LogP contribution in [0, 0.1) is 0 Å². The van der Waals surface area contributed by atoms with Crippen LogP contribution in [0.25, 0.3) is 11.0 Å². The molecule has 0 atom stereocenters. The van der Waals surface area contributed by atoms with Gasteiger partial charge >= 0.3 is 0 Å². The molecular weight excluding hydrogens is 404 g/mol.